The van der Waals surface area contributed by atoms with Crippen molar-refractivity contribution >= 4 is 39.2 Å². The van der Waals surface area contributed by atoms with E-state index in [2.05, 4.69) is 26.1 Å². The third-order valence-electron chi connectivity index (χ3n) is 4.92. The highest BCUT2D eigenvalue weighted by Crippen LogP contribution is 2.36. The van der Waals surface area contributed by atoms with Crippen LogP contribution < -0.4 is 10.9 Å². The predicted octanol–water partition coefficient (Wildman–Crippen LogP) is 3.47. The second kappa shape index (κ2) is 8.13. The van der Waals surface area contributed by atoms with Gasteiger partial charge >= 0.3 is 0 Å². The Morgan fingerprint density at radius 3 is 2.92 bits per heavy atom. The van der Waals surface area contributed by atoms with Gasteiger partial charge in [-0.3, -0.25) is 14.2 Å². The lowest BCUT2D eigenvalue weighted by molar-refractivity contribution is -0.118. The standard InChI is InChI=1S/C19H27N3O2S2/c1-11(2)7-8-22-18(24)16-13-6-5-12(3)9-14(13)26-17(16)21-19(22)25-10-15(23)20-4/h11-12H,5-10H2,1-4H3,(H,20,23). The summed E-state index contributed by atoms with van der Waals surface area (Å²) in [6.07, 6.45) is 4.08. The topological polar surface area (TPSA) is 64.0 Å². The van der Waals surface area contributed by atoms with E-state index < -0.39 is 0 Å². The number of carbonyl (C=O) groups is 1. The van der Waals surface area contributed by atoms with E-state index >= 15 is 0 Å². The molecule has 1 N–H and O–H groups in total. The molecule has 0 bridgehead atoms. The molecule has 2 heterocycles. The highest BCUT2D eigenvalue weighted by Gasteiger charge is 2.24. The van der Waals surface area contributed by atoms with Crippen LogP contribution in [0.25, 0.3) is 10.2 Å². The minimum Gasteiger partial charge on any atom is -0.358 e. The van der Waals surface area contributed by atoms with E-state index in [1.807, 2.05) is 0 Å². The molecule has 0 radical (unpaired) electrons. The Morgan fingerprint density at radius 2 is 2.23 bits per heavy atom. The van der Waals surface area contributed by atoms with Crippen LogP contribution in [-0.2, 0) is 24.2 Å². The molecule has 26 heavy (non-hydrogen) atoms. The van der Waals surface area contributed by atoms with Crippen LogP contribution in [0, 0.1) is 11.8 Å². The molecule has 0 aromatic carbocycles. The monoisotopic (exact) mass is 393 g/mol. The number of amides is 1. The number of carbonyl (C=O) groups excluding carboxylic acids is 1. The van der Waals surface area contributed by atoms with E-state index in [1.165, 1.54) is 22.2 Å². The van der Waals surface area contributed by atoms with Gasteiger partial charge < -0.3 is 5.32 Å². The lowest BCUT2D eigenvalue weighted by atomic mass is 9.89. The SMILES string of the molecule is CNC(=O)CSc1nc2sc3c(c2c(=O)n1CCC(C)C)CCC(C)C3. The molecule has 2 aromatic heterocycles. The number of rotatable bonds is 6. The molecule has 1 aliphatic rings. The van der Waals surface area contributed by atoms with Crippen LogP contribution >= 0.6 is 23.1 Å². The maximum atomic E-state index is 13.3. The molecule has 0 saturated carbocycles. The Morgan fingerprint density at radius 1 is 1.46 bits per heavy atom. The molecule has 1 unspecified atom stereocenters. The van der Waals surface area contributed by atoms with Gasteiger partial charge in [-0.15, -0.1) is 11.3 Å². The Kier molecular flexibility index (Phi) is 6.07. The van der Waals surface area contributed by atoms with Gasteiger partial charge in [0.05, 0.1) is 11.1 Å². The van der Waals surface area contributed by atoms with Crippen LogP contribution in [0.15, 0.2) is 9.95 Å². The largest absolute Gasteiger partial charge is 0.358 e. The Labute approximate surface area is 162 Å². The maximum Gasteiger partial charge on any atom is 0.263 e. The summed E-state index contributed by atoms with van der Waals surface area (Å²) in [5.74, 6) is 1.39. The third-order valence-corrected chi connectivity index (χ3v) is 7.05. The summed E-state index contributed by atoms with van der Waals surface area (Å²) in [5.41, 5.74) is 1.30. The summed E-state index contributed by atoms with van der Waals surface area (Å²) >= 11 is 3.02. The average molecular weight is 394 g/mol. The minimum absolute atomic E-state index is 0.0564. The van der Waals surface area contributed by atoms with E-state index in [0.29, 0.717) is 23.5 Å². The van der Waals surface area contributed by atoms with Crippen LogP contribution in [0.3, 0.4) is 0 Å². The van der Waals surface area contributed by atoms with Crippen LogP contribution in [0.2, 0.25) is 0 Å². The number of thioether (sulfide) groups is 1. The first-order valence-corrected chi connectivity index (χ1v) is 11.1. The van der Waals surface area contributed by atoms with E-state index in [1.54, 1.807) is 23.0 Å². The molecule has 1 atom stereocenters. The van der Waals surface area contributed by atoms with Crippen molar-refractivity contribution in [3.63, 3.8) is 0 Å². The van der Waals surface area contributed by atoms with Crippen molar-refractivity contribution in [1.29, 1.82) is 0 Å². The molecule has 5 nitrogen and oxygen atoms in total. The molecule has 0 saturated heterocycles. The van der Waals surface area contributed by atoms with E-state index in [0.717, 1.165) is 35.9 Å². The zero-order chi connectivity index (χ0) is 18.8. The molecule has 1 aliphatic carbocycles. The number of hydrogen-bond acceptors (Lipinski definition) is 5. The fraction of sp³-hybridized carbons (Fsp3) is 0.632. The Balaban J connectivity index is 2.07. The summed E-state index contributed by atoms with van der Waals surface area (Å²) < 4.78 is 1.79. The van der Waals surface area contributed by atoms with Crippen molar-refractivity contribution in [3.8, 4) is 0 Å². The smallest absolute Gasteiger partial charge is 0.263 e. The lowest BCUT2D eigenvalue weighted by Gasteiger charge is -2.18. The average Bonchev–Trinajstić information content (AvgIpc) is 2.95. The molecule has 0 spiro atoms. The Bertz CT molecular complexity index is 870. The van der Waals surface area contributed by atoms with Gasteiger partial charge in [-0.05, 0) is 43.1 Å². The second-order valence-corrected chi connectivity index (χ2v) is 9.55. The molecular formula is C19H27N3O2S2. The molecule has 3 rings (SSSR count). The van der Waals surface area contributed by atoms with E-state index in [-0.39, 0.29) is 17.2 Å². The summed E-state index contributed by atoms with van der Waals surface area (Å²) in [4.78, 5) is 32.0. The van der Waals surface area contributed by atoms with Gasteiger partial charge in [0.2, 0.25) is 5.91 Å². The number of hydrogen-bond donors (Lipinski definition) is 1. The first-order chi connectivity index (χ1) is 12.4. The normalized spacial score (nSPS) is 16.9. The van der Waals surface area contributed by atoms with Gasteiger partial charge in [-0.2, -0.15) is 0 Å². The molecular weight excluding hydrogens is 366 g/mol. The highest BCUT2D eigenvalue weighted by atomic mass is 32.2. The zero-order valence-electron chi connectivity index (χ0n) is 15.9. The summed E-state index contributed by atoms with van der Waals surface area (Å²) in [6, 6.07) is 0. The summed E-state index contributed by atoms with van der Waals surface area (Å²) in [6.45, 7) is 7.23. The number of fused-ring (bicyclic) bond motifs is 3. The van der Waals surface area contributed by atoms with Crippen molar-refractivity contribution < 1.29 is 4.79 Å². The fourth-order valence-corrected chi connectivity index (χ4v) is 5.62. The number of thiophene rings is 1. The predicted molar refractivity (Wildman–Crippen MR) is 109 cm³/mol. The van der Waals surface area contributed by atoms with Gasteiger partial charge in [0.25, 0.3) is 5.56 Å². The highest BCUT2D eigenvalue weighted by molar-refractivity contribution is 7.99. The Hall–Kier alpha value is -1.34. The molecule has 1 amide bonds. The van der Waals surface area contributed by atoms with Gasteiger partial charge in [0.1, 0.15) is 4.83 Å². The van der Waals surface area contributed by atoms with Gasteiger partial charge in [-0.1, -0.05) is 32.5 Å². The molecule has 0 fully saturated rings. The quantitative estimate of drug-likeness (QED) is 0.603. The van der Waals surface area contributed by atoms with Crippen molar-refractivity contribution in [1.82, 2.24) is 14.9 Å². The van der Waals surface area contributed by atoms with Crippen LogP contribution in [0.5, 0.6) is 0 Å². The number of nitrogens with one attached hydrogen (secondary N) is 1. The van der Waals surface area contributed by atoms with Gasteiger partial charge in [0.15, 0.2) is 5.16 Å². The van der Waals surface area contributed by atoms with E-state index in [4.69, 9.17) is 4.98 Å². The summed E-state index contributed by atoms with van der Waals surface area (Å²) in [5, 5.41) is 4.12. The van der Waals surface area contributed by atoms with Gasteiger partial charge in [0, 0.05) is 18.5 Å². The van der Waals surface area contributed by atoms with Crippen molar-refractivity contribution in [2.24, 2.45) is 11.8 Å². The maximum absolute atomic E-state index is 13.3. The fourth-order valence-electron chi connectivity index (χ4n) is 3.30. The molecule has 2 aromatic rings. The van der Waals surface area contributed by atoms with Crippen LogP contribution in [0.4, 0.5) is 0 Å². The van der Waals surface area contributed by atoms with Crippen molar-refractivity contribution in [3.05, 3.63) is 20.8 Å². The lowest BCUT2D eigenvalue weighted by Crippen LogP contribution is -2.26. The number of nitrogens with zero attached hydrogens (tertiary/aromatic N) is 2. The van der Waals surface area contributed by atoms with Crippen LogP contribution in [-0.4, -0.2) is 28.3 Å². The third kappa shape index (κ3) is 3.98. The summed E-state index contributed by atoms with van der Waals surface area (Å²) in [7, 11) is 1.62. The molecule has 0 aliphatic heterocycles. The van der Waals surface area contributed by atoms with Crippen molar-refractivity contribution in [2.45, 2.75) is 58.2 Å². The first kappa shape index (κ1) is 19.4. The molecule has 142 valence electrons. The molecule has 7 heteroatoms. The minimum atomic E-state index is -0.0564. The van der Waals surface area contributed by atoms with Crippen LogP contribution in [0.1, 0.15) is 44.1 Å². The zero-order valence-corrected chi connectivity index (χ0v) is 17.6. The van der Waals surface area contributed by atoms with E-state index in [9.17, 15) is 9.59 Å². The van der Waals surface area contributed by atoms with Gasteiger partial charge in [-0.25, -0.2) is 4.98 Å². The second-order valence-electron chi connectivity index (χ2n) is 7.53. The van der Waals surface area contributed by atoms with Crippen molar-refractivity contribution in [2.75, 3.05) is 12.8 Å². The number of aryl methyl sites for hydroxylation is 1. The first-order valence-electron chi connectivity index (χ1n) is 9.29. The number of aromatic nitrogens is 2.